The molecule has 6 nitrogen and oxygen atoms in total. The van der Waals surface area contributed by atoms with Gasteiger partial charge < -0.3 is 20.1 Å². The van der Waals surface area contributed by atoms with Gasteiger partial charge >= 0.3 is 0 Å². The largest absolute Gasteiger partial charge is 0.492 e. The zero-order valence-corrected chi connectivity index (χ0v) is 17.6. The Hall–Kier alpha value is -3.02. The number of nitrogens with one attached hydrogen (secondary N) is 2. The summed E-state index contributed by atoms with van der Waals surface area (Å²) in [4.78, 5) is 25.1. The van der Waals surface area contributed by atoms with Gasteiger partial charge in [-0.15, -0.1) is 0 Å². The molecule has 29 heavy (non-hydrogen) atoms. The Morgan fingerprint density at radius 2 is 1.45 bits per heavy atom. The fraction of sp³-hybridized carbons (Fsp3) is 0.391. The standard InChI is InChI=1S/C23H30N2O4/c1-5-11-16(4)22(26)24-18-14-21(29-7-3)19(15-20(18)28-6-2)25-23(27)17-12-9-8-10-13-17/h8-10,12-16H,5-7,11H2,1-4H3,(H,24,26)(H,25,27). The number of ether oxygens (including phenoxy) is 2. The molecule has 2 rings (SSSR count). The summed E-state index contributed by atoms with van der Waals surface area (Å²) in [6.45, 7) is 8.52. The summed E-state index contributed by atoms with van der Waals surface area (Å²) in [6, 6.07) is 12.3. The number of hydrogen-bond donors (Lipinski definition) is 2. The van der Waals surface area contributed by atoms with Crippen molar-refractivity contribution in [3.63, 3.8) is 0 Å². The predicted molar refractivity (Wildman–Crippen MR) is 116 cm³/mol. The molecule has 0 heterocycles. The fourth-order valence-corrected chi connectivity index (χ4v) is 2.91. The van der Waals surface area contributed by atoms with E-state index in [1.807, 2.05) is 33.8 Å². The third kappa shape index (κ3) is 6.24. The van der Waals surface area contributed by atoms with E-state index in [-0.39, 0.29) is 17.7 Å². The molecule has 2 aromatic rings. The van der Waals surface area contributed by atoms with Crippen LogP contribution >= 0.6 is 0 Å². The van der Waals surface area contributed by atoms with Gasteiger partial charge in [0.1, 0.15) is 11.5 Å². The lowest BCUT2D eigenvalue weighted by atomic mass is 10.1. The number of benzene rings is 2. The second-order valence-electron chi connectivity index (χ2n) is 6.71. The van der Waals surface area contributed by atoms with Crippen molar-refractivity contribution in [2.75, 3.05) is 23.8 Å². The van der Waals surface area contributed by atoms with E-state index >= 15 is 0 Å². The Labute approximate surface area is 172 Å². The number of anilines is 2. The normalized spacial score (nSPS) is 11.4. The maximum Gasteiger partial charge on any atom is 0.255 e. The molecule has 1 unspecified atom stereocenters. The third-order valence-corrected chi connectivity index (χ3v) is 4.39. The Bertz CT molecular complexity index is 821. The Kier molecular flexibility index (Phi) is 8.52. The lowest BCUT2D eigenvalue weighted by Crippen LogP contribution is -2.21. The number of carbonyl (C=O) groups is 2. The van der Waals surface area contributed by atoms with Crippen LogP contribution in [0, 0.1) is 5.92 Å². The summed E-state index contributed by atoms with van der Waals surface area (Å²) < 4.78 is 11.4. The van der Waals surface area contributed by atoms with Crippen molar-refractivity contribution in [1.29, 1.82) is 0 Å². The van der Waals surface area contributed by atoms with Gasteiger partial charge in [0.15, 0.2) is 0 Å². The highest BCUT2D eigenvalue weighted by atomic mass is 16.5. The van der Waals surface area contributed by atoms with E-state index in [4.69, 9.17) is 9.47 Å². The first-order valence-electron chi connectivity index (χ1n) is 10.1. The van der Waals surface area contributed by atoms with Gasteiger partial charge in [0.2, 0.25) is 5.91 Å². The van der Waals surface area contributed by atoms with Crippen LogP contribution in [0.15, 0.2) is 42.5 Å². The smallest absolute Gasteiger partial charge is 0.255 e. The number of amides is 2. The average Bonchev–Trinajstić information content (AvgIpc) is 2.72. The summed E-state index contributed by atoms with van der Waals surface area (Å²) in [5.41, 5.74) is 1.56. The topological polar surface area (TPSA) is 76.7 Å². The Morgan fingerprint density at radius 1 is 0.897 bits per heavy atom. The lowest BCUT2D eigenvalue weighted by molar-refractivity contribution is -0.119. The van der Waals surface area contributed by atoms with Crippen LogP contribution in [0.3, 0.4) is 0 Å². The van der Waals surface area contributed by atoms with Crippen LogP contribution in [0.5, 0.6) is 11.5 Å². The van der Waals surface area contributed by atoms with Gasteiger partial charge in [0.05, 0.1) is 24.6 Å². The van der Waals surface area contributed by atoms with E-state index in [1.54, 1.807) is 36.4 Å². The van der Waals surface area contributed by atoms with E-state index in [0.717, 1.165) is 12.8 Å². The van der Waals surface area contributed by atoms with Crippen molar-refractivity contribution < 1.29 is 19.1 Å². The van der Waals surface area contributed by atoms with Gasteiger partial charge in [-0.1, -0.05) is 38.5 Å². The molecule has 0 fully saturated rings. The zero-order valence-electron chi connectivity index (χ0n) is 17.6. The molecule has 6 heteroatoms. The van der Waals surface area contributed by atoms with E-state index in [9.17, 15) is 9.59 Å². The average molecular weight is 399 g/mol. The maximum absolute atomic E-state index is 12.6. The maximum atomic E-state index is 12.6. The highest BCUT2D eigenvalue weighted by Gasteiger charge is 2.19. The molecule has 2 aromatic carbocycles. The highest BCUT2D eigenvalue weighted by molar-refractivity contribution is 6.05. The minimum Gasteiger partial charge on any atom is -0.492 e. The summed E-state index contributed by atoms with van der Waals surface area (Å²) in [6.07, 6.45) is 1.74. The number of carbonyl (C=O) groups excluding carboxylic acids is 2. The molecule has 156 valence electrons. The molecular formula is C23H30N2O4. The van der Waals surface area contributed by atoms with Crippen molar-refractivity contribution >= 4 is 23.2 Å². The van der Waals surface area contributed by atoms with Crippen molar-refractivity contribution in [1.82, 2.24) is 0 Å². The van der Waals surface area contributed by atoms with Gasteiger partial charge in [0, 0.05) is 23.6 Å². The SMILES string of the molecule is CCCC(C)C(=O)Nc1cc(OCC)c(NC(=O)c2ccccc2)cc1OCC. The highest BCUT2D eigenvalue weighted by Crippen LogP contribution is 2.37. The summed E-state index contributed by atoms with van der Waals surface area (Å²) >= 11 is 0. The molecule has 0 saturated carbocycles. The van der Waals surface area contributed by atoms with Crippen LogP contribution in [-0.2, 0) is 4.79 Å². The summed E-state index contributed by atoms with van der Waals surface area (Å²) in [5.74, 6) is 0.524. The van der Waals surface area contributed by atoms with Crippen LogP contribution in [-0.4, -0.2) is 25.0 Å². The molecule has 2 amide bonds. The van der Waals surface area contributed by atoms with Crippen LogP contribution < -0.4 is 20.1 Å². The predicted octanol–water partition coefficient (Wildman–Crippen LogP) is 5.11. The summed E-state index contributed by atoms with van der Waals surface area (Å²) in [5, 5.41) is 5.81. The van der Waals surface area contributed by atoms with Crippen LogP contribution in [0.2, 0.25) is 0 Å². The third-order valence-electron chi connectivity index (χ3n) is 4.39. The van der Waals surface area contributed by atoms with Crippen molar-refractivity contribution in [3.05, 3.63) is 48.0 Å². The molecule has 0 saturated heterocycles. The van der Waals surface area contributed by atoms with Crippen LogP contribution in [0.25, 0.3) is 0 Å². The van der Waals surface area contributed by atoms with Gasteiger partial charge in [-0.25, -0.2) is 0 Å². The first kappa shape index (κ1) is 22.3. The lowest BCUT2D eigenvalue weighted by Gasteiger charge is -2.19. The molecule has 0 aliphatic heterocycles. The van der Waals surface area contributed by atoms with Crippen molar-refractivity contribution in [2.24, 2.45) is 5.92 Å². The second-order valence-corrected chi connectivity index (χ2v) is 6.71. The van der Waals surface area contributed by atoms with E-state index in [2.05, 4.69) is 10.6 Å². The first-order chi connectivity index (χ1) is 14.0. The number of rotatable bonds is 10. The van der Waals surface area contributed by atoms with Gasteiger partial charge in [-0.05, 0) is 32.4 Å². The van der Waals surface area contributed by atoms with E-state index < -0.39 is 0 Å². The van der Waals surface area contributed by atoms with Gasteiger partial charge in [-0.3, -0.25) is 9.59 Å². The molecule has 0 aromatic heterocycles. The van der Waals surface area contributed by atoms with Gasteiger partial charge in [-0.2, -0.15) is 0 Å². The quantitative estimate of drug-likeness (QED) is 0.583. The minimum absolute atomic E-state index is 0.0728. The molecule has 0 radical (unpaired) electrons. The second kappa shape index (κ2) is 11.1. The van der Waals surface area contributed by atoms with E-state index in [1.165, 1.54) is 0 Å². The summed E-state index contributed by atoms with van der Waals surface area (Å²) in [7, 11) is 0. The van der Waals surface area contributed by atoms with Crippen LogP contribution in [0.4, 0.5) is 11.4 Å². The molecule has 1 atom stereocenters. The number of hydrogen-bond acceptors (Lipinski definition) is 4. The Morgan fingerprint density at radius 3 is 1.97 bits per heavy atom. The zero-order chi connectivity index (χ0) is 21.2. The molecule has 0 spiro atoms. The first-order valence-corrected chi connectivity index (χ1v) is 10.1. The Balaban J connectivity index is 2.35. The molecule has 0 aliphatic carbocycles. The van der Waals surface area contributed by atoms with E-state index in [0.29, 0.717) is 41.7 Å². The monoisotopic (exact) mass is 398 g/mol. The fourth-order valence-electron chi connectivity index (χ4n) is 2.91. The molecule has 0 bridgehead atoms. The van der Waals surface area contributed by atoms with Gasteiger partial charge in [0.25, 0.3) is 5.91 Å². The van der Waals surface area contributed by atoms with Crippen LogP contribution in [0.1, 0.15) is 50.9 Å². The molecular weight excluding hydrogens is 368 g/mol. The van der Waals surface area contributed by atoms with Crippen molar-refractivity contribution in [2.45, 2.75) is 40.5 Å². The molecule has 0 aliphatic rings. The molecule has 2 N–H and O–H groups in total. The van der Waals surface area contributed by atoms with Crippen molar-refractivity contribution in [3.8, 4) is 11.5 Å². The minimum atomic E-state index is -0.248.